The van der Waals surface area contributed by atoms with E-state index in [4.69, 9.17) is 14.5 Å². The molecule has 44 heavy (non-hydrogen) atoms. The summed E-state index contributed by atoms with van der Waals surface area (Å²) in [6.07, 6.45) is -2.55. The molecule has 0 radical (unpaired) electrons. The summed E-state index contributed by atoms with van der Waals surface area (Å²) in [5.41, 5.74) is 0.126. The highest BCUT2D eigenvalue weighted by Gasteiger charge is 2.46. The number of pyridine rings is 1. The van der Waals surface area contributed by atoms with Gasteiger partial charge in [0.2, 0.25) is 0 Å². The number of carbonyl (C=O) groups is 1. The van der Waals surface area contributed by atoms with Crippen molar-refractivity contribution in [1.29, 1.82) is 0 Å². The molecule has 4 rings (SSSR count). The Labute approximate surface area is 255 Å². The Morgan fingerprint density at radius 1 is 1.05 bits per heavy atom. The lowest BCUT2D eigenvalue weighted by Crippen LogP contribution is -2.28. The molecular weight excluding hydrogens is 689 g/mol. The smallest absolute Gasteiger partial charge is 0.388 e. The lowest BCUT2D eigenvalue weighted by Gasteiger charge is -2.20. The van der Waals surface area contributed by atoms with Crippen molar-refractivity contribution in [1.82, 2.24) is 14.5 Å². The van der Waals surface area contributed by atoms with E-state index in [1.807, 2.05) is 12.1 Å². The van der Waals surface area contributed by atoms with Crippen molar-refractivity contribution >= 4 is 56.8 Å². The van der Waals surface area contributed by atoms with E-state index < -0.39 is 60.1 Å². The van der Waals surface area contributed by atoms with Crippen LogP contribution in [0.25, 0.3) is 0 Å². The number of hydrogen-bond acceptors (Lipinski definition) is 14. The summed E-state index contributed by atoms with van der Waals surface area (Å²) in [5.74, 6) is -0.162. The molecule has 1 amide bonds. The van der Waals surface area contributed by atoms with E-state index in [2.05, 4.69) is 28.4 Å². The molecule has 2 aromatic heterocycles. The summed E-state index contributed by atoms with van der Waals surface area (Å²) in [7, 11) is -14.1. The van der Waals surface area contributed by atoms with Gasteiger partial charge in [-0.25, -0.2) is 23.5 Å². The van der Waals surface area contributed by atoms with Crippen LogP contribution in [0.5, 0.6) is 0 Å². The molecule has 23 heteroatoms. The Bertz CT molecular complexity index is 1690. The minimum absolute atomic E-state index is 0.107. The van der Waals surface area contributed by atoms with Crippen LogP contribution in [0.4, 0.5) is 5.82 Å². The molecule has 0 saturated carbocycles. The monoisotopic (exact) mass is 712 g/mol. The van der Waals surface area contributed by atoms with Gasteiger partial charge in [-0.15, -0.1) is 0 Å². The average Bonchev–Trinajstić information content (AvgIpc) is 3.26. The molecule has 0 spiro atoms. The van der Waals surface area contributed by atoms with Crippen LogP contribution < -0.4 is 11.0 Å². The van der Waals surface area contributed by atoms with E-state index in [-0.39, 0.29) is 5.82 Å². The van der Waals surface area contributed by atoms with Crippen molar-refractivity contribution < 1.29 is 61.1 Å². The molecule has 6 N–H and O–H groups in total. The number of aromatic nitrogens is 3. The van der Waals surface area contributed by atoms with Gasteiger partial charge in [0.25, 0.3) is 5.91 Å². The van der Waals surface area contributed by atoms with Gasteiger partial charge in [0, 0.05) is 30.1 Å². The Balaban J connectivity index is 1.37. The summed E-state index contributed by atoms with van der Waals surface area (Å²) in [6.45, 7) is 0. The first-order chi connectivity index (χ1) is 20.6. The van der Waals surface area contributed by atoms with Crippen molar-refractivity contribution in [3.8, 4) is 0 Å². The third-order valence-electron chi connectivity index (χ3n) is 5.34. The van der Waals surface area contributed by atoms with Gasteiger partial charge in [0.15, 0.2) is 6.29 Å². The molecule has 1 aliphatic rings. The number of aliphatic hydroxyl groups excluding tert-OH is 1. The molecule has 0 aliphatic carbocycles. The van der Waals surface area contributed by atoms with Gasteiger partial charge in [0.05, 0.1) is 0 Å². The number of rotatable bonds is 13. The van der Waals surface area contributed by atoms with E-state index in [1.54, 1.807) is 36.5 Å². The van der Waals surface area contributed by atoms with Gasteiger partial charge >= 0.3 is 29.2 Å². The minimum atomic E-state index is -5.80. The number of nitrogens with zero attached hydrogens (tertiary/aromatic N) is 3. The maximum absolute atomic E-state index is 13.0. The Morgan fingerprint density at radius 2 is 1.77 bits per heavy atom. The fourth-order valence-electron chi connectivity index (χ4n) is 3.63. The van der Waals surface area contributed by atoms with Crippen LogP contribution in [-0.4, -0.2) is 57.5 Å². The van der Waals surface area contributed by atoms with Crippen LogP contribution in [0.15, 0.2) is 70.7 Å². The zero-order chi connectivity index (χ0) is 32.1. The second-order valence-corrected chi connectivity index (χ2v) is 15.3. The van der Waals surface area contributed by atoms with E-state index in [0.717, 1.165) is 15.2 Å². The number of benzene rings is 1. The zero-order valence-corrected chi connectivity index (χ0v) is 26.1. The summed E-state index contributed by atoms with van der Waals surface area (Å²) in [5, 5.41) is 13.5. The SMILES string of the molecule is O=C(Nc1ccn(C2CC(O)C(OP(=O)(O)OP(=O)(O)OP(=O)(O)O)O2)c(=O)n1)c1ccccc1CSSc1ccccn1. The lowest BCUT2D eigenvalue weighted by molar-refractivity contribution is -0.134. The maximum atomic E-state index is 13.0. The van der Waals surface area contributed by atoms with Crippen LogP contribution in [0.2, 0.25) is 0 Å². The van der Waals surface area contributed by atoms with Crippen LogP contribution >= 0.6 is 45.1 Å². The highest BCUT2D eigenvalue weighted by atomic mass is 33.1. The van der Waals surface area contributed by atoms with E-state index in [1.165, 1.54) is 33.9 Å². The molecule has 238 valence electrons. The van der Waals surface area contributed by atoms with Crippen molar-refractivity contribution in [3.63, 3.8) is 0 Å². The van der Waals surface area contributed by atoms with E-state index >= 15 is 0 Å². The molecule has 1 aliphatic heterocycles. The van der Waals surface area contributed by atoms with Crippen molar-refractivity contribution in [2.75, 3.05) is 5.32 Å². The van der Waals surface area contributed by atoms with Crippen LogP contribution in [0.1, 0.15) is 28.6 Å². The number of carbonyl (C=O) groups excluding carboxylic acids is 1. The van der Waals surface area contributed by atoms with Gasteiger partial charge in [-0.2, -0.15) is 13.6 Å². The fourth-order valence-corrected chi connectivity index (χ4v) is 8.75. The maximum Gasteiger partial charge on any atom is 0.490 e. The first-order valence-electron chi connectivity index (χ1n) is 12.0. The molecule has 1 fully saturated rings. The topological polar surface area (TPSA) is 266 Å². The van der Waals surface area contributed by atoms with Gasteiger partial charge in [0.1, 0.15) is 23.2 Å². The highest BCUT2D eigenvalue weighted by molar-refractivity contribution is 8.76. The molecule has 1 saturated heterocycles. The van der Waals surface area contributed by atoms with Crippen molar-refractivity contribution in [2.45, 2.75) is 35.8 Å². The average molecular weight is 712 g/mol. The van der Waals surface area contributed by atoms with E-state index in [9.17, 15) is 38.2 Å². The largest absolute Gasteiger partial charge is 0.490 e. The fraction of sp³-hybridized carbons (Fsp3) is 0.238. The van der Waals surface area contributed by atoms with Crippen LogP contribution in [0, 0.1) is 0 Å². The van der Waals surface area contributed by atoms with Crippen molar-refractivity contribution in [2.24, 2.45) is 0 Å². The highest BCUT2D eigenvalue weighted by Crippen LogP contribution is 2.67. The Kier molecular flexibility index (Phi) is 11.4. The molecular formula is C21H23N4O14P3S2. The summed E-state index contributed by atoms with van der Waals surface area (Å²) < 4.78 is 52.2. The molecule has 5 atom stereocenters. The normalized spacial score (nSPS) is 21.3. The Hall–Kier alpha value is -2.25. The number of nitrogens with one attached hydrogen (secondary N) is 1. The quantitative estimate of drug-likeness (QED) is 0.110. The number of aliphatic hydroxyl groups is 1. The van der Waals surface area contributed by atoms with E-state index in [0.29, 0.717) is 11.3 Å². The number of hydrogen-bond donors (Lipinski definition) is 6. The summed E-state index contributed by atoms with van der Waals surface area (Å²) in [6, 6.07) is 13.7. The predicted molar refractivity (Wildman–Crippen MR) is 154 cm³/mol. The Morgan fingerprint density at radius 3 is 2.45 bits per heavy atom. The first-order valence-corrected chi connectivity index (χ1v) is 18.8. The minimum Gasteiger partial charge on any atom is -0.388 e. The number of phosphoric acid groups is 3. The van der Waals surface area contributed by atoms with Gasteiger partial charge in [-0.1, -0.05) is 35.1 Å². The van der Waals surface area contributed by atoms with Crippen LogP contribution in [0.3, 0.4) is 0 Å². The second-order valence-electron chi connectivity index (χ2n) is 8.59. The van der Waals surface area contributed by atoms with Gasteiger partial charge in [-0.05, 0) is 40.6 Å². The molecule has 5 unspecified atom stereocenters. The summed E-state index contributed by atoms with van der Waals surface area (Å²) in [4.78, 5) is 69.9. The molecule has 3 aromatic rings. The number of ether oxygens (including phenoxy) is 1. The number of anilines is 1. The molecule has 0 bridgehead atoms. The summed E-state index contributed by atoms with van der Waals surface area (Å²) >= 11 is 0. The molecule has 18 nitrogen and oxygen atoms in total. The first kappa shape index (κ1) is 34.6. The molecule has 1 aromatic carbocycles. The van der Waals surface area contributed by atoms with Gasteiger partial charge < -0.3 is 34.7 Å². The third kappa shape index (κ3) is 10.1. The number of phosphoric ester groups is 1. The lowest BCUT2D eigenvalue weighted by atomic mass is 10.1. The standard InChI is InChI=1S/C21H23N4O14P3S2/c26-15-11-18(36-20(15)37-41(32,33)39-42(34,35)38-40(29,30)31)25-10-8-16(24-21(25)28)23-19(27)14-6-2-1-5-13(14)12-43-44-17-7-3-4-9-22-17/h1-10,15,18,20,26H,11-12H2,(H,32,33)(H,34,35)(H2,29,30,31)(H,23,24,27,28). The van der Waals surface area contributed by atoms with Crippen LogP contribution in [-0.2, 0) is 37.3 Å². The molecule has 3 heterocycles. The third-order valence-corrected chi connectivity index (χ3v) is 11.3. The van der Waals surface area contributed by atoms with Gasteiger partial charge in [-0.3, -0.25) is 13.9 Å². The zero-order valence-electron chi connectivity index (χ0n) is 21.8. The second kappa shape index (κ2) is 14.5. The predicted octanol–water partition coefficient (Wildman–Crippen LogP) is 2.78. The van der Waals surface area contributed by atoms with Crippen molar-refractivity contribution in [3.05, 3.63) is 82.5 Å². The number of amides is 1.